The third-order valence-corrected chi connectivity index (χ3v) is 4.82. The topological polar surface area (TPSA) is 83.9 Å². The average molecular weight is 301 g/mol. The molecule has 0 saturated heterocycles. The molecule has 0 aliphatic heterocycles. The Morgan fingerprint density at radius 1 is 1.35 bits per heavy atom. The SMILES string of the molecule is CC(C(=O)O)N(C)S(=O)(=O)CCOCc1ccccc1. The summed E-state index contributed by atoms with van der Waals surface area (Å²) in [7, 11) is -2.38. The van der Waals surface area contributed by atoms with Gasteiger partial charge in [-0.2, -0.15) is 4.31 Å². The molecule has 112 valence electrons. The van der Waals surface area contributed by atoms with Crippen LogP contribution in [0.4, 0.5) is 0 Å². The first-order chi connectivity index (χ1) is 9.34. The van der Waals surface area contributed by atoms with E-state index in [-0.39, 0.29) is 12.4 Å². The van der Waals surface area contributed by atoms with Gasteiger partial charge in [-0.05, 0) is 12.5 Å². The quantitative estimate of drug-likeness (QED) is 0.722. The van der Waals surface area contributed by atoms with Crippen LogP contribution in [0.5, 0.6) is 0 Å². The van der Waals surface area contributed by atoms with Crippen LogP contribution in [-0.4, -0.2) is 49.2 Å². The molecular weight excluding hydrogens is 282 g/mol. The highest BCUT2D eigenvalue weighted by atomic mass is 32.2. The summed E-state index contributed by atoms with van der Waals surface area (Å²) in [6.45, 7) is 1.67. The molecule has 1 unspecified atom stereocenters. The molecule has 1 rings (SSSR count). The van der Waals surface area contributed by atoms with Gasteiger partial charge in [-0.1, -0.05) is 30.3 Å². The predicted molar refractivity (Wildman–Crippen MR) is 74.7 cm³/mol. The summed E-state index contributed by atoms with van der Waals surface area (Å²) in [4.78, 5) is 10.8. The normalized spacial score (nSPS) is 13.3. The van der Waals surface area contributed by atoms with E-state index in [0.29, 0.717) is 6.61 Å². The molecule has 0 fully saturated rings. The Bertz CT molecular complexity index is 529. The van der Waals surface area contributed by atoms with E-state index >= 15 is 0 Å². The van der Waals surface area contributed by atoms with E-state index in [1.54, 1.807) is 0 Å². The second kappa shape index (κ2) is 7.37. The lowest BCUT2D eigenvalue weighted by Gasteiger charge is -2.20. The molecule has 6 nitrogen and oxygen atoms in total. The molecule has 0 spiro atoms. The maximum absolute atomic E-state index is 11.9. The van der Waals surface area contributed by atoms with Crippen LogP contribution in [-0.2, 0) is 26.2 Å². The van der Waals surface area contributed by atoms with Gasteiger partial charge in [0.2, 0.25) is 10.0 Å². The highest BCUT2D eigenvalue weighted by molar-refractivity contribution is 7.89. The van der Waals surface area contributed by atoms with E-state index in [1.807, 2.05) is 30.3 Å². The molecule has 0 amide bonds. The number of likely N-dealkylation sites (N-methyl/N-ethyl adjacent to an activating group) is 1. The number of hydrogen-bond donors (Lipinski definition) is 1. The number of aliphatic carboxylic acids is 1. The standard InChI is InChI=1S/C13H19NO5S/c1-11(13(15)16)14(2)20(17,18)9-8-19-10-12-6-4-3-5-7-12/h3-7,11H,8-10H2,1-2H3,(H,15,16). The number of nitrogens with zero attached hydrogens (tertiary/aromatic N) is 1. The molecule has 7 heteroatoms. The summed E-state index contributed by atoms with van der Waals surface area (Å²) in [6, 6.07) is 8.31. The maximum Gasteiger partial charge on any atom is 0.321 e. The first kappa shape index (κ1) is 16.6. The molecule has 1 aromatic carbocycles. The van der Waals surface area contributed by atoms with Crippen LogP contribution in [0.25, 0.3) is 0 Å². The first-order valence-electron chi connectivity index (χ1n) is 6.15. The van der Waals surface area contributed by atoms with Gasteiger partial charge in [0.15, 0.2) is 0 Å². The highest BCUT2D eigenvalue weighted by Gasteiger charge is 2.27. The van der Waals surface area contributed by atoms with Gasteiger partial charge in [-0.15, -0.1) is 0 Å². The van der Waals surface area contributed by atoms with Gasteiger partial charge in [-0.3, -0.25) is 4.79 Å². The van der Waals surface area contributed by atoms with Crippen molar-refractivity contribution in [2.24, 2.45) is 0 Å². The van der Waals surface area contributed by atoms with E-state index in [0.717, 1.165) is 9.87 Å². The number of ether oxygens (including phenoxy) is 1. The van der Waals surface area contributed by atoms with Gasteiger partial charge in [0, 0.05) is 7.05 Å². The molecule has 0 heterocycles. The fraction of sp³-hybridized carbons (Fsp3) is 0.462. The number of carbonyl (C=O) groups is 1. The summed E-state index contributed by atoms with van der Waals surface area (Å²) in [6.07, 6.45) is 0. The zero-order valence-electron chi connectivity index (χ0n) is 11.5. The van der Waals surface area contributed by atoms with Crippen molar-refractivity contribution in [3.8, 4) is 0 Å². The van der Waals surface area contributed by atoms with Crippen molar-refractivity contribution >= 4 is 16.0 Å². The lowest BCUT2D eigenvalue weighted by atomic mass is 10.2. The molecule has 0 aliphatic rings. The molecule has 1 atom stereocenters. The van der Waals surface area contributed by atoms with E-state index in [1.165, 1.54) is 14.0 Å². The number of rotatable bonds is 8. The molecule has 0 aromatic heterocycles. The predicted octanol–water partition coefficient (Wildman–Crippen LogP) is 0.938. The third-order valence-electron chi connectivity index (χ3n) is 2.94. The van der Waals surface area contributed by atoms with Gasteiger partial charge in [0.25, 0.3) is 0 Å². The summed E-state index contributed by atoms with van der Waals surface area (Å²) in [5.74, 6) is -1.42. The minimum absolute atomic E-state index is 0.0217. The van der Waals surface area contributed by atoms with Crippen LogP contribution >= 0.6 is 0 Å². The van der Waals surface area contributed by atoms with Gasteiger partial charge in [0.05, 0.1) is 19.0 Å². The Hall–Kier alpha value is -1.44. The van der Waals surface area contributed by atoms with Gasteiger partial charge in [-0.25, -0.2) is 8.42 Å². The van der Waals surface area contributed by atoms with Gasteiger partial charge >= 0.3 is 5.97 Å². The van der Waals surface area contributed by atoms with E-state index in [4.69, 9.17) is 9.84 Å². The van der Waals surface area contributed by atoms with Crippen molar-refractivity contribution < 1.29 is 23.1 Å². The Balaban J connectivity index is 2.42. The van der Waals surface area contributed by atoms with Crippen LogP contribution < -0.4 is 0 Å². The van der Waals surface area contributed by atoms with Crippen LogP contribution in [0.15, 0.2) is 30.3 Å². The average Bonchev–Trinajstić information content (AvgIpc) is 2.43. The highest BCUT2D eigenvalue weighted by Crippen LogP contribution is 2.06. The molecule has 1 N–H and O–H groups in total. The minimum atomic E-state index is -3.63. The molecule has 0 aliphatic carbocycles. The van der Waals surface area contributed by atoms with Gasteiger partial charge < -0.3 is 9.84 Å². The Morgan fingerprint density at radius 3 is 2.50 bits per heavy atom. The maximum atomic E-state index is 11.9. The molecule has 20 heavy (non-hydrogen) atoms. The van der Waals surface area contributed by atoms with Crippen molar-refractivity contribution in [3.63, 3.8) is 0 Å². The third kappa shape index (κ3) is 4.92. The van der Waals surface area contributed by atoms with Crippen LogP contribution in [0, 0.1) is 0 Å². The lowest BCUT2D eigenvalue weighted by molar-refractivity contribution is -0.140. The minimum Gasteiger partial charge on any atom is -0.480 e. The number of sulfonamides is 1. The largest absolute Gasteiger partial charge is 0.480 e. The van der Waals surface area contributed by atoms with Crippen molar-refractivity contribution in [2.45, 2.75) is 19.6 Å². The number of benzene rings is 1. The second-order valence-corrected chi connectivity index (χ2v) is 6.53. The van der Waals surface area contributed by atoms with Crippen molar-refractivity contribution in [3.05, 3.63) is 35.9 Å². The zero-order valence-corrected chi connectivity index (χ0v) is 12.3. The van der Waals surface area contributed by atoms with Crippen LogP contribution in [0.3, 0.4) is 0 Å². The van der Waals surface area contributed by atoms with Crippen LogP contribution in [0.2, 0.25) is 0 Å². The monoisotopic (exact) mass is 301 g/mol. The fourth-order valence-electron chi connectivity index (χ4n) is 1.47. The molecule has 0 bridgehead atoms. The first-order valence-corrected chi connectivity index (χ1v) is 7.75. The smallest absolute Gasteiger partial charge is 0.321 e. The molecule has 1 aromatic rings. The number of carboxylic acid groups (broad SMARTS) is 1. The van der Waals surface area contributed by atoms with Gasteiger partial charge in [0.1, 0.15) is 6.04 Å². The Kier molecular flexibility index (Phi) is 6.12. The van der Waals surface area contributed by atoms with E-state index in [2.05, 4.69) is 0 Å². The van der Waals surface area contributed by atoms with E-state index < -0.39 is 22.0 Å². The summed E-state index contributed by atoms with van der Waals surface area (Å²) in [5.41, 5.74) is 0.956. The van der Waals surface area contributed by atoms with Crippen molar-refractivity contribution in [1.29, 1.82) is 0 Å². The number of hydrogen-bond acceptors (Lipinski definition) is 4. The lowest BCUT2D eigenvalue weighted by Crippen LogP contribution is -2.42. The molecule has 0 radical (unpaired) electrons. The van der Waals surface area contributed by atoms with Crippen molar-refractivity contribution in [1.82, 2.24) is 4.31 Å². The molecular formula is C13H19NO5S. The summed E-state index contributed by atoms with van der Waals surface area (Å²) >= 11 is 0. The Labute approximate surface area is 119 Å². The second-order valence-electron chi connectivity index (χ2n) is 4.38. The molecule has 0 saturated carbocycles. The summed E-state index contributed by atoms with van der Waals surface area (Å²) < 4.78 is 29.9. The zero-order chi connectivity index (χ0) is 15.2. The summed E-state index contributed by atoms with van der Waals surface area (Å²) in [5, 5.41) is 8.80. The van der Waals surface area contributed by atoms with E-state index in [9.17, 15) is 13.2 Å². The number of carboxylic acids is 1. The fourth-order valence-corrected chi connectivity index (χ4v) is 2.66. The van der Waals surface area contributed by atoms with Crippen molar-refractivity contribution in [2.75, 3.05) is 19.4 Å². The van der Waals surface area contributed by atoms with Crippen LogP contribution in [0.1, 0.15) is 12.5 Å². The Morgan fingerprint density at radius 2 is 1.95 bits per heavy atom.